The van der Waals surface area contributed by atoms with E-state index in [0.29, 0.717) is 6.54 Å². The van der Waals surface area contributed by atoms with E-state index in [9.17, 15) is 9.59 Å². The Morgan fingerprint density at radius 1 is 1.41 bits per heavy atom. The molecule has 6 heteroatoms. The van der Waals surface area contributed by atoms with E-state index in [4.69, 9.17) is 5.26 Å². The van der Waals surface area contributed by atoms with E-state index in [-0.39, 0.29) is 5.56 Å². The average molecular weight is 236 g/mol. The minimum atomic E-state index is -0.623. The van der Waals surface area contributed by atoms with Gasteiger partial charge in [-0.3, -0.25) is 14.3 Å². The Bertz CT molecular complexity index is 521. The summed E-state index contributed by atoms with van der Waals surface area (Å²) in [5.74, 6) is 0. The van der Waals surface area contributed by atoms with Crippen molar-refractivity contribution in [2.75, 3.05) is 20.6 Å². The molecular weight excluding hydrogens is 220 g/mol. The van der Waals surface area contributed by atoms with Crippen LogP contribution in [0.4, 0.5) is 0 Å². The van der Waals surface area contributed by atoms with Gasteiger partial charge in [-0.25, -0.2) is 4.79 Å². The van der Waals surface area contributed by atoms with Crippen LogP contribution in [0.2, 0.25) is 0 Å². The van der Waals surface area contributed by atoms with Crippen molar-refractivity contribution >= 4 is 0 Å². The van der Waals surface area contributed by atoms with Crippen LogP contribution in [0.1, 0.15) is 18.4 Å². The molecule has 1 aromatic rings. The molecule has 0 spiro atoms. The van der Waals surface area contributed by atoms with E-state index in [1.807, 2.05) is 14.1 Å². The third-order valence-corrected chi connectivity index (χ3v) is 2.39. The lowest BCUT2D eigenvalue weighted by molar-refractivity contribution is 0.386. The van der Waals surface area contributed by atoms with Crippen molar-refractivity contribution in [1.82, 2.24) is 14.5 Å². The summed E-state index contributed by atoms with van der Waals surface area (Å²) >= 11 is 0. The SMILES string of the molecule is CN(C)CCCCn1cc(C#N)c(=O)[nH]c1=O. The molecule has 0 aliphatic carbocycles. The van der Waals surface area contributed by atoms with Gasteiger partial charge in [0.05, 0.1) is 0 Å². The lowest BCUT2D eigenvalue weighted by atomic mass is 10.3. The fraction of sp³-hybridized carbons (Fsp3) is 0.545. The van der Waals surface area contributed by atoms with Crippen LogP contribution >= 0.6 is 0 Å². The predicted octanol–water partition coefficient (Wildman–Crippen LogP) is -0.250. The smallest absolute Gasteiger partial charge is 0.309 e. The third-order valence-electron chi connectivity index (χ3n) is 2.39. The molecule has 6 nitrogen and oxygen atoms in total. The lowest BCUT2D eigenvalue weighted by Gasteiger charge is -2.09. The Morgan fingerprint density at radius 2 is 2.12 bits per heavy atom. The van der Waals surface area contributed by atoms with E-state index in [2.05, 4.69) is 9.88 Å². The van der Waals surface area contributed by atoms with E-state index in [1.54, 1.807) is 6.07 Å². The molecule has 1 N–H and O–H groups in total. The first-order chi connectivity index (χ1) is 8.04. The van der Waals surface area contributed by atoms with Crippen molar-refractivity contribution in [3.63, 3.8) is 0 Å². The molecule has 0 amide bonds. The van der Waals surface area contributed by atoms with Crippen molar-refractivity contribution in [1.29, 1.82) is 5.26 Å². The van der Waals surface area contributed by atoms with Crippen LogP contribution in [-0.4, -0.2) is 35.1 Å². The second-order valence-electron chi connectivity index (χ2n) is 4.12. The van der Waals surface area contributed by atoms with Crippen LogP contribution in [0, 0.1) is 11.3 Å². The van der Waals surface area contributed by atoms with E-state index >= 15 is 0 Å². The van der Waals surface area contributed by atoms with Gasteiger partial charge in [0.15, 0.2) is 0 Å². The van der Waals surface area contributed by atoms with Crippen LogP contribution < -0.4 is 11.2 Å². The van der Waals surface area contributed by atoms with Gasteiger partial charge in [0.25, 0.3) is 5.56 Å². The molecule has 0 atom stereocenters. The summed E-state index contributed by atoms with van der Waals surface area (Å²) in [5.41, 5.74) is -1.11. The summed E-state index contributed by atoms with van der Waals surface area (Å²) in [5, 5.41) is 8.69. The normalized spacial score (nSPS) is 10.5. The minimum absolute atomic E-state index is 0.0304. The molecule has 0 fully saturated rings. The van der Waals surface area contributed by atoms with Crippen molar-refractivity contribution < 1.29 is 0 Å². The first-order valence-corrected chi connectivity index (χ1v) is 5.43. The average Bonchev–Trinajstić information content (AvgIpc) is 2.26. The largest absolute Gasteiger partial charge is 0.328 e. The molecule has 0 saturated heterocycles. The molecule has 1 heterocycles. The Balaban J connectivity index is 2.69. The molecule has 0 aliphatic rings. The Labute approximate surface area is 99.1 Å². The van der Waals surface area contributed by atoms with Gasteiger partial charge in [-0.05, 0) is 33.5 Å². The van der Waals surface area contributed by atoms with Crippen LogP contribution in [0.25, 0.3) is 0 Å². The van der Waals surface area contributed by atoms with Gasteiger partial charge in [-0.2, -0.15) is 5.26 Å². The van der Waals surface area contributed by atoms with Gasteiger partial charge >= 0.3 is 5.69 Å². The van der Waals surface area contributed by atoms with Gasteiger partial charge in [-0.15, -0.1) is 0 Å². The number of nitrogens with one attached hydrogen (secondary N) is 1. The summed E-state index contributed by atoms with van der Waals surface area (Å²) in [7, 11) is 3.97. The molecular formula is C11H16N4O2. The Kier molecular flexibility index (Phi) is 4.67. The molecule has 1 rings (SSSR count). The number of aromatic nitrogens is 2. The maximum absolute atomic E-state index is 11.4. The van der Waals surface area contributed by atoms with Gasteiger partial charge < -0.3 is 4.90 Å². The number of rotatable bonds is 5. The highest BCUT2D eigenvalue weighted by Gasteiger charge is 2.03. The second kappa shape index (κ2) is 6.01. The predicted molar refractivity (Wildman–Crippen MR) is 63.8 cm³/mol. The zero-order valence-electron chi connectivity index (χ0n) is 10.1. The summed E-state index contributed by atoms with van der Waals surface area (Å²) in [6, 6.07) is 1.76. The fourth-order valence-electron chi connectivity index (χ4n) is 1.47. The highest BCUT2D eigenvalue weighted by molar-refractivity contribution is 5.21. The Morgan fingerprint density at radius 3 is 2.71 bits per heavy atom. The highest BCUT2D eigenvalue weighted by Crippen LogP contribution is 1.94. The number of nitrogens with zero attached hydrogens (tertiary/aromatic N) is 3. The minimum Gasteiger partial charge on any atom is -0.309 e. The first kappa shape index (κ1) is 13.2. The molecule has 0 bridgehead atoms. The summed E-state index contributed by atoms with van der Waals surface area (Å²) in [4.78, 5) is 26.8. The zero-order valence-corrected chi connectivity index (χ0v) is 10.1. The van der Waals surface area contributed by atoms with Crippen molar-refractivity contribution in [2.45, 2.75) is 19.4 Å². The number of aryl methyl sites for hydroxylation is 1. The number of unbranched alkanes of at least 4 members (excludes halogenated alkanes) is 1. The molecule has 0 aromatic carbocycles. The zero-order chi connectivity index (χ0) is 12.8. The summed E-state index contributed by atoms with van der Waals surface area (Å²) < 4.78 is 1.37. The van der Waals surface area contributed by atoms with Crippen molar-refractivity contribution in [3.05, 3.63) is 32.6 Å². The quantitative estimate of drug-likeness (QED) is 0.715. The van der Waals surface area contributed by atoms with Gasteiger partial charge in [0.1, 0.15) is 11.6 Å². The third kappa shape index (κ3) is 3.89. The van der Waals surface area contributed by atoms with Crippen LogP contribution in [0.5, 0.6) is 0 Å². The standard InChI is InChI=1S/C11H16N4O2/c1-14(2)5-3-4-6-15-8-9(7-12)10(16)13-11(15)17/h8H,3-6H2,1-2H3,(H,13,16,17). The first-order valence-electron chi connectivity index (χ1n) is 5.43. The van der Waals surface area contributed by atoms with Crippen LogP contribution in [0.15, 0.2) is 15.8 Å². The van der Waals surface area contributed by atoms with E-state index in [1.165, 1.54) is 10.8 Å². The number of aromatic amines is 1. The molecule has 0 radical (unpaired) electrons. The molecule has 1 aromatic heterocycles. The monoisotopic (exact) mass is 236 g/mol. The number of hydrogen-bond acceptors (Lipinski definition) is 4. The van der Waals surface area contributed by atoms with E-state index < -0.39 is 11.2 Å². The number of H-pyrrole nitrogens is 1. The molecule has 0 unspecified atom stereocenters. The maximum Gasteiger partial charge on any atom is 0.328 e. The van der Waals surface area contributed by atoms with Crippen molar-refractivity contribution in [2.24, 2.45) is 0 Å². The molecule has 0 aliphatic heterocycles. The number of nitriles is 1. The van der Waals surface area contributed by atoms with Gasteiger partial charge in [0.2, 0.25) is 0 Å². The summed E-state index contributed by atoms with van der Waals surface area (Å²) in [6.45, 7) is 1.46. The summed E-state index contributed by atoms with van der Waals surface area (Å²) in [6.07, 6.45) is 3.10. The number of hydrogen-bond donors (Lipinski definition) is 1. The fourth-order valence-corrected chi connectivity index (χ4v) is 1.47. The van der Waals surface area contributed by atoms with Gasteiger partial charge in [-0.1, -0.05) is 0 Å². The molecule has 92 valence electrons. The Hall–Kier alpha value is -1.87. The van der Waals surface area contributed by atoms with Gasteiger partial charge in [0, 0.05) is 12.7 Å². The molecule has 17 heavy (non-hydrogen) atoms. The molecule has 0 saturated carbocycles. The highest BCUT2D eigenvalue weighted by atomic mass is 16.2. The maximum atomic E-state index is 11.4. The second-order valence-corrected chi connectivity index (χ2v) is 4.12. The van der Waals surface area contributed by atoms with Crippen LogP contribution in [0.3, 0.4) is 0 Å². The lowest BCUT2D eigenvalue weighted by Crippen LogP contribution is -2.31. The van der Waals surface area contributed by atoms with Crippen molar-refractivity contribution in [3.8, 4) is 6.07 Å². The van der Waals surface area contributed by atoms with Crippen LogP contribution in [-0.2, 0) is 6.54 Å². The van der Waals surface area contributed by atoms with E-state index in [0.717, 1.165) is 19.4 Å². The topological polar surface area (TPSA) is 81.9 Å².